The number of nitrogens with zero attached hydrogens (tertiary/aromatic N) is 1. The number of carbonyl (C=O) groups excluding carboxylic acids is 1. The molecule has 0 radical (unpaired) electrons. The van der Waals surface area contributed by atoms with Crippen molar-refractivity contribution in [3.05, 3.63) is 24.3 Å². The highest BCUT2D eigenvalue weighted by atomic mass is 19.3. The van der Waals surface area contributed by atoms with Crippen LogP contribution in [0.3, 0.4) is 0 Å². The van der Waals surface area contributed by atoms with Crippen LogP contribution in [0.1, 0.15) is 39.0 Å². The topological polar surface area (TPSA) is 42.0 Å². The monoisotopic (exact) mass is 286 g/mol. The highest BCUT2D eigenvalue weighted by molar-refractivity contribution is 5.95. The van der Waals surface area contributed by atoms with Gasteiger partial charge in [-0.15, -0.1) is 0 Å². The number of aromatic nitrogens is 1. The molecule has 1 amide bonds. The molecular formula is C14H17F3N2O. The fraction of sp³-hybridized carbons (Fsp3) is 0.571. The lowest BCUT2D eigenvalue weighted by Gasteiger charge is -2.38. The average Bonchev–Trinajstić information content (AvgIpc) is 2.42. The van der Waals surface area contributed by atoms with Gasteiger partial charge in [0.25, 0.3) is 0 Å². The van der Waals surface area contributed by atoms with Crippen molar-refractivity contribution < 1.29 is 18.0 Å². The van der Waals surface area contributed by atoms with Crippen LogP contribution in [0.5, 0.6) is 0 Å². The molecule has 2 rings (SSSR count). The lowest BCUT2D eigenvalue weighted by Crippen LogP contribution is -2.42. The Hall–Kier alpha value is -1.59. The molecule has 110 valence electrons. The van der Waals surface area contributed by atoms with Crippen molar-refractivity contribution in [3.8, 4) is 0 Å². The minimum atomic E-state index is -2.69. The van der Waals surface area contributed by atoms with Gasteiger partial charge in [0, 0.05) is 24.5 Å². The second-order valence-corrected chi connectivity index (χ2v) is 5.30. The van der Waals surface area contributed by atoms with E-state index in [-0.39, 0.29) is 37.3 Å². The predicted octanol–water partition coefficient (Wildman–Crippen LogP) is 3.76. The van der Waals surface area contributed by atoms with Gasteiger partial charge in [-0.1, -0.05) is 6.92 Å². The molecule has 1 saturated carbocycles. The number of nitrogens with one attached hydrogen (secondary N) is 1. The first-order valence-corrected chi connectivity index (χ1v) is 6.67. The van der Waals surface area contributed by atoms with E-state index < -0.39 is 17.2 Å². The summed E-state index contributed by atoms with van der Waals surface area (Å²) >= 11 is 0. The first kappa shape index (κ1) is 14.8. The summed E-state index contributed by atoms with van der Waals surface area (Å²) in [5.74, 6) is -3.71. The maximum Gasteiger partial charge on any atom is 0.248 e. The standard InChI is InChI=1S/C14H17F3N2O/c1-2-13(4-6-14(16,17)7-5-13)12(20)19-11-3-8-18-9-10(11)15/h3,8-9H,2,4-7H2,1H3,(H,18,19,20). The molecule has 1 N–H and O–H groups in total. The number of pyridine rings is 1. The van der Waals surface area contributed by atoms with Gasteiger partial charge in [0.05, 0.1) is 11.9 Å². The normalized spacial score (nSPS) is 20.4. The largest absolute Gasteiger partial charge is 0.323 e. The van der Waals surface area contributed by atoms with Crippen LogP contribution in [0.2, 0.25) is 0 Å². The minimum absolute atomic E-state index is 0.0372. The van der Waals surface area contributed by atoms with Crippen LogP contribution in [0, 0.1) is 11.2 Å². The zero-order valence-electron chi connectivity index (χ0n) is 11.3. The number of carbonyl (C=O) groups is 1. The molecule has 1 aromatic heterocycles. The number of hydrogen-bond acceptors (Lipinski definition) is 2. The van der Waals surface area contributed by atoms with Crippen molar-refractivity contribution in [3.63, 3.8) is 0 Å². The molecule has 1 fully saturated rings. The van der Waals surface area contributed by atoms with Crippen LogP contribution in [0.25, 0.3) is 0 Å². The Morgan fingerprint density at radius 3 is 2.55 bits per heavy atom. The molecular weight excluding hydrogens is 269 g/mol. The van der Waals surface area contributed by atoms with Gasteiger partial charge < -0.3 is 5.32 Å². The third-order valence-corrected chi connectivity index (χ3v) is 4.12. The van der Waals surface area contributed by atoms with Crippen LogP contribution < -0.4 is 5.32 Å². The number of rotatable bonds is 3. The van der Waals surface area contributed by atoms with E-state index in [1.54, 1.807) is 6.92 Å². The third-order valence-electron chi connectivity index (χ3n) is 4.12. The molecule has 1 heterocycles. The van der Waals surface area contributed by atoms with E-state index in [0.29, 0.717) is 6.42 Å². The summed E-state index contributed by atoms with van der Waals surface area (Å²) in [5, 5.41) is 2.50. The van der Waals surface area contributed by atoms with Gasteiger partial charge in [-0.05, 0) is 25.3 Å². The molecule has 0 saturated heterocycles. The average molecular weight is 286 g/mol. The van der Waals surface area contributed by atoms with Gasteiger partial charge in [-0.25, -0.2) is 13.2 Å². The number of hydrogen-bond donors (Lipinski definition) is 1. The maximum atomic E-state index is 13.5. The van der Waals surface area contributed by atoms with Gasteiger partial charge >= 0.3 is 0 Å². The number of amides is 1. The van der Waals surface area contributed by atoms with E-state index in [9.17, 15) is 18.0 Å². The summed E-state index contributed by atoms with van der Waals surface area (Å²) in [6.07, 6.45) is 2.47. The lowest BCUT2D eigenvalue weighted by molar-refractivity contribution is -0.134. The molecule has 1 aliphatic rings. The van der Waals surface area contributed by atoms with Gasteiger partial charge in [0.2, 0.25) is 11.8 Å². The Kier molecular flexibility index (Phi) is 4.01. The van der Waals surface area contributed by atoms with Crippen LogP contribution in [-0.2, 0) is 4.79 Å². The highest BCUT2D eigenvalue weighted by Gasteiger charge is 2.46. The van der Waals surface area contributed by atoms with Crippen molar-refractivity contribution in [1.82, 2.24) is 4.98 Å². The van der Waals surface area contributed by atoms with Crippen molar-refractivity contribution in [2.45, 2.75) is 45.0 Å². The Labute approximate surface area is 115 Å². The predicted molar refractivity (Wildman–Crippen MR) is 69.0 cm³/mol. The number of alkyl halides is 2. The molecule has 0 unspecified atom stereocenters. The van der Waals surface area contributed by atoms with E-state index in [0.717, 1.165) is 6.20 Å². The van der Waals surface area contributed by atoms with E-state index in [2.05, 4.69) is 10.3 Å². The zero-order valence-corrected chi connectivity index (χ0v) is 11.3. The van der Waals surface area contributed by atoms with Gasteiger partial charge in [0.1, 0.15) is 0 Å². The first-order chi connectivity index (χ1) is 9.38. The SMILES string of the molecule is CCC1(C(=O)Nc2ccncc2F)CCC(F)(F)CC1. The summed E-state index contributed by atoms with van der Waals surface area (Å²) in [7, 11) is 0. The van der Waals surface area contributed by atoms with Crippen molar-refractivity contribution in [2.75, 3.05) is 5.32 Å². The Bertz CT molecular complexity index is 495. The summed E-state index contributed by atoms with van der Waals surface area (Å²) in [6.45, 7) is 1.80. The number of anilines is 1. The van der Waals surface area contributed by atoms with Crippen LogP contribution in [0.15, 0.2) is 18.5 Å². The van der Waals surface area contributed by atoms with E-state index in [1.165, 1.54) is 12.3 Å². The Morgan fingerprint density at radius 1 is 1.35 bits per heavy atom. The quantitative estimate of drug-likeness (QED) is 0.919. The van der Waals surface area contributed by atoms with Crippen molar-refractivity contribution >= 4 is 11.6 Å². The zero-order chi connectivity index (χ0) is 14.8. The lowest BCUT2D eigenvalue weighted by atomic mass is 9.70. The van der Waals surface area contributed by atoms with Crippen molar-refractivity contribution in [1.29, 1.82) is 0 Å². The van der Waals surface area contributed by atoms with E-state index >= 15 is 0 Å². The molecule has 0 bridgehead atoms. The molecule has 1 aromatic rings. The molecule has 0 aliphatic heterocycles. The summed E-state index contributed by atoms with van der Waals surface area (Å²) in [5.41, 5.74) is -0.799. The van der Waals surface area contributed by atoms with Crippen molar-refractivity contribution in [2.24, 2.45) is 5.41 Å². The molecule has 0 aromatic carbocycles. The molecule has 6 heteroatoms. The second-order valence-electron chi connectivity index (χ2n) is 5.30. The van der Waals surface area contributed by atoms with Gasteiger partial charge in [-0.2, -0.15) is 0 Å². The highest BCUT2D eigenvalue weighted by Crippen LogP contribution is 2.46. The fourth-order valence-electron chi connectivity index (χ4n) is 2.57. The molecule has 1 aliphatic carbocycles. The molecule has 0 atom stereocenters. The van der Waals surface area contributed by atoms with Gasteiger partial charge in [0.15, 0.2) is 5.82 Å². The van der Waals surface area contributed by atoms with Gasteiger partial charge in [-0.3, -0.25) is 9.78 Å². The summed E-state index contributed by atoms with van der Waals surface area (Å²) in [4.78, 5) is 15.9. The fourth-order valence-corrected chi connectivity index (χ4v) is 2.57. The molecule has 0 spiro atoms. The Balaban J connectivity index is 2.13. The maximum absolute atomic E-state index is 13.5. The molecule has 3 nitrogen and oxygen atoms in total. The van der Waals surface area contributed by atoms with Crippen LogP contribution in [-0.4, -0.2) is 16.8 Å². The smallest absolute Gasteiger partial charge is 0.248 e. The molecule has 20 heavy (non-hydrogen) atoms. The first-order valence-electron chi connectivity index (χ1n) is 6.67. The minimum Gasteiger partial charge on any atom is -0.323 e. The Morgan fingerprint density at radius 2 is 2.00 bits per heavy atom. The van der Waals surface area contributed by atoms with E-state index in [4.69, 9.17) is 0 Å². The summed E-state index contributed by atoms with van der Waals surface area (Å²) in [6, 6.07) is 1.36. The third kappa shape index (κ3) is 2.94. The van der Waals surface area contributed by atoms with Crippen LogP contribution in [0.4, 0.5) is 18.9 Å². The second kappa shape index (κ2) is 5.42. The van der Waals surface area contributed by atoms with E-state index in [1.807, 2.05) is 0 Å². The number of halogens is 3. The van der Waals surface area contributed by atoms with Crippen LogP contribution >= 0.6 is 0 Å². The summed E-state index contributed by atoms with van der Waals surface area (Å²) < 4.78 is 39.9.